The molecular weight excluding hydrogens is 1160 g/mol. The summed E-state index contributed by atoms with van der Waals surface area (Å²) in [5, 5.41) is 14.3. The molecule has 10 heterocycles. The van der Waals surface area contributed by atoms with Gasteiger partial charge in [0.25, 0.3) is 0 Å². The van der Waals surface area contributed by atoms with Crippen molar-refractivity contribution in [1.29, 1.82) is 0 Å². The van der Waals surface area contributed by atoms with Crippen molar-refractivity contribution >= 4 is 194 Å². The van der Waals surface area contributed by atoms with Gasteiger partial charge >= 0.3 is 0 Å². The van der Waals surface area contributed by atoms with Crippen molar-refractivity contribution < 1.29 is 0 Å². The van der Waals surface area contributed by atoms with E-state index in [4.69, 9.17) is 9.97 Å². The minimum atomic E-state index is 0.985. The lowest BCUT2D eigenvalue weighted by Gasteiger charge is -2.11. The molecule has 0 amide bonds. The Hall–Kier alpha value is -11.8. The molecule has 0 saturated heterocycles. The third-order valence-corrected chi connectivity index (χ3v) is 22.2. The number of aromatic amines is 2. The zero-order chi connectivity index (χ0) is 59.6. The molecule has 0 saturated carbocycles. The zero-order valence-electron chi connectivity index (χ0n) is 48.9. The van der Waals surface area contributed by atoms with Crippen molar-refractivity contribution in [3.63, 3.8) is 0 Å². The van der Waals surface area contributed by atoms with E-state index in [1.807, 2.05) is 22.7 Å². The van der Waals surface area contributed by atoms with Gasteiger partial charge in [-0.2, -0.15) is 0 Å². The summed E-state index contributed by atoms with van der Waals surface area (Å²) >= 11 is 3.73. The minimum absolute atomic E-state index is 0.985. The van der Waals surface area contributed by atoms with Crippen molar-refractivity contribution in [2.45, 2.75) is 0 Å². The lowest BCUT2D eigenvalue weighted by Crippen LogP contribution is -1.97. The molecule has 0 aliphatic carbocycles. The highest BCUT2D eigenvalue weighted by Gasteiger charge is 2.25. The molecule has 0 unspecified atom stereocenters. The standard InChI is InChI=1S/C82H46N8S2/c1-7-23-61-49(15-1)58-41-47(33-36-63(58)83-61)87-65-24-8-2-17-53(65)77-71(87)43-72-78(85-77)54-18-3-9-25-66(54)88(72)48-34-37-64-59(42-48)57-39-45(31-35-62(57)84-64)46-32-38-76-60(40-46)52-22-14-29-70(82(52)92-76)90-68-27-11-5-20-56(68)80-74(90)44-73-79(86-80)55-19-4-10-26-67(55)89(73)69-28-13-21-51-50-16-6-12-30-75(50)91-81(51)69/h1-44,83-84H. The van der Waals surface area contributed by atoms with E-state index in [2.05, 4.69) is 295 Å². The molecule has 0 fully saturated rings. The number of hydrogen-bond acceptors (Lipinski definition) is 4. The molecule has 426 valence electrons. The van der Waals surface area contributed by atoms with Crippen molar-refractivity contribution in [2.24, 2.45) is 0 Å². The predicted octanol–water partition coefficient (Wildman–Crippen LogP) is 22.5. The summed E-state index contributed by atoms with van der Waals surface area (Å²) in [6.45, 7) is 0. The highest BCUT2D eigenvalue weighted by Crippen LogP contribution is 2.47. The van der Waals surface area contributed by atoms with Gasteiger partial charge in [-0.15, -0.1) is 22.7 Å². The number of nitrogens with one attached hydrogen (secondary N) is 2. The van der Waals surface area contributed by atoms with Gasteiger partial charge in [-0.05, 0) is 132 Å². The Kier molecular flexibility index (Phi) is 9.58. The van der Waals surface area contributed by atoms with Crippen LogP contribution in [-0.4, -0.2) is 38.2 Å². The van der Waals surface area contributed by atoms with Gasteiger partial charge in [0.2, 0.25) is 0 Å². The number of rotatable bonds is 5. The number of thiophene rings is 2. The van der Waals surface area contributed by atoms with Crippen LogP contribution in [0.5, 0.6) is 0 Å². The van der Waals surface area contributed by atoms with Crippen LogP contribution in [0.1, 0.15) is 0 Å². The molecule has 0 bridgehead atoms. The average Bonchev–Trinajstić information content (AvgIpc) is 1.57. The second kappa shape index (κ2) is 18.0. The molecule has 92 heavy (non-hydrogen) atoms. The molecule has 0 spiro atoms. The van der Waals surface area contributed by atoms with Crippen molar-refractivity contribution in [2.75, 3.05) is 0 Å². The molecule has 0 atom stereocenters. The largest absolute Gasteiger partial charge is 0.355 e. The molecule has 0 aliphatic rings. The number of nitrogens with zero attached hydrogens (tertiary/aromatic N) is 6. The van der Waals surface area contributed by atoms with E-state index < -0.39 is 0 Å². The van der Waals surface area contributed by atoms with Crippen molar-refractivity contribution in [1.82, 2.24) is 38.2 Å². The molecule has 8 nitrogen and oxygen atoms in total. The van der Waals surface area contributed by atoms with Gasteiger partial charge in [0.1, 0.15) is 0 Å². The van der Waals surface area contributed by atoms with Crippen LogP contribution >= 0.6 is 22.7 Å². The quantitative estimate of drug-likeness (QED) is 0.180. The third-order valence-electron chi connectivity index (χ3n) is 19.8. The fourth-order valence-corrected chi connectivity index (χ4v) is 18.1. The number of H-pyrrole nitrogens is 2. The van der Waals surface area contributed by atoms with Crippen LogP contribution < -0.4 is 0 Å². The molecule has 22 aromatic rings. The summed E-state index contributed by atoms with van der Waals surface area (Å²) < 4.78 is 14.8. The molecule has 2 N–H and O–H groups in total. The third kappa shape index (κ3) is 6.57. The van der Waals surface area contributed by atoms with Crippen LogP contribution in [0.4, 0.5) is 0 Å². The first kappa shape index (κ1) is 49.1. The maximum atomic E-state index is 5.69. The first-order valence-electron chi connectivity index (χ1n) is 31.2. The number of fused-ring (bicyclic) bond motifs is 24. The average molecular weight is 1210 g/mol. The summed E-state index contributed by atoms with van der Waals surface area (Å²) in [6, 6.07) is 98.3. The van der Waals surface area contributed by atoms with E-state index in [0.29, 0.717) is 0 Å². The molecular formula is C82H46N8S2. The van der Waals surface area contributed by atoms with Crippen molar-refractivity contribution in [3.8, 4) is 33.9 Å². The van der Waals surface area contributed by atoms with Crippen LogP contribution in [0.2, 0.25) is 0 Å². The van der Waals surface area contributed by atoms with Crippen LogP contribution in [0.25, 0.3) is 206 Å². The highest BCUT2D eigenvalue weighted by atomic mass is 32.1. The molecule has 10 heteroatoms. The maximum Gasteiger partial charge on any atom is 0.0972 e. The molecule has 12 aromatic carbocycles. The fraction of sp³-hybridized carbons (Fsp3) is 0. The Morgan fingerprint density at radius 3 is 1.15 bits per heavy atom. The second-order valence-corrected chi connectivity index (χ2v) is 26.7. The van der Waals surface area contributed by atoms with Crippen LogP contribution in [0, 0.1) is 0 Å². The molecule has 0 aliphatic heterocycles. The van der Waals surface area contributed by atoms with Gasteiger partial charge in [-0.3, -0.25) is 0 Å². The molecule has 22 rings (SSSR count). The SMILES string of the molecule is c1ccc2c(c1)[nH]c1ccc(-n3c4ccccc4c4nc5c6ccccc6n(-c6ccc7[nH]c8ccc(-c9ccc%10sc%11c(-n%12c%13ccccc%13c%13nc%14c%15ccccc%15n(-c%15cccc%16c%15sc%15ccccc%15%16)c%14cc%13%12)cccc%11c%10c9)cc8c7c6)c5cc43)cc12. The molecule has 0 radical (unpaired) electrons. The lowest BCUT2D eigenvalue weighted by atomic mass is 10.0. The Balaban J connectivity index is 0.690. The summed E-state index contributed by atoms with van der Waals surface area (Å²) in [5.41, 5.74) is 24.1. The fourth-order valence-electron chi connectivity index (χ4n) is 15.8. The van der Waals surface area contributed by atoms with Gasteiger partial charge in [0.15, 0.2) is 0 Å². The van der Waals surface area contributed by atoms with E-state index in [9.17, 15) is 0 Å². The van der Waals surface area contributed by atoms with Gasteiger partial charge < -0.3 is 28.2 Å². The Bertz CT molecular complexity index is 7030. The summed E-state index contributed by atoms with van der Waals surface area (Å²) in [4.78, 5) is 18.8. The Morgan fingerprint density at radius 2 is 0.609 bits per heavy atom. The number of pyridine rings is 2. The van der Waals surface area contributed by atoms with E-state index >= 15 is 0 Å². The molecule has 10 aromatic heterocycles. The van der Waals surface area contributed by atoms with Gasteiger partial charge in [0, 0.05) is 107 Å². The second-order valence-electron chi connectivity index (χ2n) is 24.6. The number of benzene rings is 12. The Morgan fingerprint density at radius 1 is 0.239 bits per heavy atom. The van der Waals surface area contributed by atoms with E-state index in [-0.39, 0.29) is 0 Å². The highest BCUT2D eigenvalue weighted by molar-refractivity contribution is 7.26. The first-order valence-corrected chi connectivity index (χ1v) is 32.8. The monoisotopic (exact) mass is 1210 g/mol. The predicted molar refractivity (Wildman–Crippen MR) is 389 cm³/mol. The minimum Gasteiger partial charge on any atom is -0.355 e. The van der Waals surface area contributed by atoms with E-state index in [1.54, 1.807) is 0 Å². The number of hydrogen-bond donors (Lipinski definition) is 2. The summed E-state index contributed by atoms with van der Waals surface area (Å²) in [5.74, 6) is 0. The number of para-hydroxylation sites is 5. The van der Waals surface area contributed by atoms with Crippen LogP contribution in [0.15, 0.2) is 267 Å². The summed E-state index contributed by atoms with van der Waals surface area (Å²) in [6.07, 6.45) is 0. The van der Waals surface area contributed by atoms with Gasteiger partial charge in [0.05, 0.1) is 87.0 Å². The zero-order valence-corrected chi connectivity index (χ0v) is 50.5. The van der Waals surface area contributed by atoms with Crippen LogP contribution in [0.3, 0.4) is 0 Å². The maximum absolute atomic E-state index is 5.69. The van der Waals surface area contributed by atoms with Crippen molar-refractivity contribution in [3.05, 3.63) is 267 Å². The van der Waals surface area contributed by atoms with Gasteiger partial charge in [-0.1, -0.05) is 146 Å². The van der Waals surface area contributed by atoms with Gasteiger partial charge in [-0.25, -0.2) is 9.97 Å². The van der Waals surface area contributed by atoms with E-state index in [0.717, 1.165) is 127 Å². The van der Waals surface area contributed by atoms with Crippen LogP contribution in [-0.2, 0) is 0 Å². The normalized spacial score (nSPS) is 12.6. The first-order chi connectivity index (χ1) is 45.6. The summed E-state index contributed by atoms with van der Waals surface area (Å²) in [7, 11) is 0. The smallest absolute Gasteiger partial charge is 0.0972 e. The topological polar surface area (TPSA) is 77.1 Å². The Labute approximate surface area is 529 Å². The number of aromatic nitrogens is 8. The lowest BCUT2D eigenvalue weighted by molar-refractivity contribution is 1.16. The van der Waals surface area contributed by atoms with E-state index in [1.165, 1.54) is 78.7 Å².